The molecular weight excluding hydrogens is 374 g/mol. The van der Waals surface area contributed by atoms with Crippen molar-refractivity contribution in [3.8, 4) is 0 Å². The van der Waals surface area contributed by atoms with Crippen molar-refractivity contribution in [2.24, 2.45) is 11.8 Å². The van der Waals surface area contributed by atoms with Crippen molar-refractivity contribution in [3.63, 3.8) is 0 Å². The number of ketones is 2. The van der Waals surface area contributed by atoms with Gasteiger partial charge in [0.1, 0.15) is 5.78 Å². The first-order valence-electron chi connectivity index (χ1n) is 10.9. The minimum Gasteiger partial charge on any atom is -0.358 e. The minimum absolute atomic E-state index is 0.109. The Balaban J connectivity index is 1.42. The number of carbonyl (C=O) groups excluding carboxylic acids is 2. The predicted molar refractivity (Wildman–Crippen MR) is 123 cm³/mol. The average Bonchev–Trinajstić information content (AvgIpc) is 3.30. The third kappa shape index (κ3) is 6.51. The molecule has 0 saturated heterocycles. The fourth-order valence-electron chi connectivity index (χ4n) is 3.82. The Morgan fingerprint density at radius 3 is 2.90 bits per heavy atom. The van der Waals surface area contributed by atoms with E-state index in [1.165, 1.54) is 16.6 Å². The van der Waals surface area contributed by atoms with Crippen LogP contribution >= 0.6 is 0 Å². The van der Waals surface area contributed by atoms with Crippen molar-refractivity contribution in [2.75, 3.05) is 19.6 Å². The van der Waals surface area contributed by atoms with Gasteiger partial charge in [-0.2, -0.15) is 0 Å². The fraction of sp³-hybridized carbons (Fsp3) is 0.440. The number of rotatable bonds is 12. The molecule has 0 radical (unpaired) electrons. The van der Waals surface area contributed by atoms with E-state index in [0.717, 1.165) is 32.4 Å². The topological polar surface area (TPSA) is 74.0 Å². The summed E-state index contributed by atoms with van der Waals surface area (Å²) >= 11 is 0. The van der Waals surface area contributed by atoms with Gasteiger partial charge in [-0.15, -0.1) is 0 Å². The number of carbonyl (C=O) groups is 2. The van der Waals surface area contributed by atoms with Gasteiger partial charge < -0.3 is 15.6 Å². The number of fused-ring (bicyclic) bond motifs is 1. The minimum atomic E-state index is -0.171. The lowest BCUT2D eigenvalue weighted by atomic mass is 9.97. The molecule has 3 atom stereocenters. The van der Waals surface area contributed by atoms with E-state index in [1.54, 1.807) is 13.0 Å². The van der Waals surface area contributed by atoms with E-state index >= 15 is 0 Å². The Hall–Kier alpha value is -2.50. The van der Waals surface area contributed by atoms with Crippen molar-refractivity contribution in [2.45, 2.75) is 39.2 Å². The molecule has 2 aromatic rings. The molecule has 0 bridgehead atoms. The van der Waals surface area contributed by atoms with Crippen LogP contribution in [-0.4, -0.2) is 42.2 Å². The van der Waals surface area contributed by atoms with Gasteiger partial charge in [0.05, 0.1) is 12.6 Å². The van der Waals surface area contributed by atoms with E-state index in [-0.39, 0.29) is 23.5 Å². The first-order chi connectivity index (χ1) is 14.5. The Morgan fingerprint density at radius 2 is 2.10 bits per heavy atom. The quantitative estimate of drug-likeness (QED) is 0.371. The lowest BCUT2D eigenvalue weighted by Gasteiger charge is -2.17. The number of allylic oxidation sites excluding steroid dienone is 1. The van der Waals surface area contributed by atoms with Crippen LogP contribution in [0.1, 0.15) is 32.4 Å². The number of aryl methyl sites for hydroxylation is 1. The molecule has 5 nitrogen and oxygen atoms in total. The second-order valence-electron chi connectivity index (χ2n) is 8.29. The highest BCUT2D eigenvalue weighted by Gasteiger charge is 2.27. The zero-order chi connectivity index (χ0) is 21.3. The van der Waals surface area contributed by atoms with E-state index in [9.17, 15) is 9.59 Å². The van der Waals surface area contributed by atoms with Gasteiger partial charge in [-0.3, -0.25) is 9.59 Å². The van der Waals surface area contributed by atoms with Crippen LogP contribution in [0.5, 0.6) is 0 Å². The van der Waals surface area contributed by atoms with Crippen LogP contribution < -0.4 is 10.6 Å². The molecule has 5 heteroatoms. The van der Waals surface area contributed by atoms with Crippen molar-refractivity contribution < 1.29 is 9.59 Å². The fourth-order valence-corrected chi connectivity index (χ4v) is 3.82. The van der Waals surface area contributed by atoms with Crippen molar-refractivity contribution >= 4 is 22.5 Å². The molecule has 1 heterocycles. The molecule has 160 valence electrons. The number of hydrogen-bond acceptors (Lipinski definition) is 4. The van der Waals surface area contributed by atoms with Gasteiger partial charge in [-0.25, -0.2) is 0 Å². The normalized spacial score (nSPS) is 19.9. The molecule has 1 aliphatic carbocycles. The number of aromatic amines is 1. The summed E-state index contributed by atoms with van der Waals surface area (Å²) in [4.78, 5) is 26.6. The number of hydrogen-bond donors (Lipinski definition) is 3. The highest BCUT2D eigenvalue weighted by Crippen LogP contribution is 2.20. The molecular formula is C25H33N3O2. The first kappa shape index (κ1) is 22.2. The van der Waals surface area contributed by atoms with Crippen molar-refractivity contribution in [3.05, 3.63) is 60.3 Å². The molecule has 0 saturated carbocycles. The van der Waals surface area contributed by atoms with Crippen molar-refractivity contribution in [1.82, 2.24) is 15.6 Å². The third-order valence-electron chi connectivity index (χ3n) is 5.56. The van der Waals surface area contributed by atoms with Crippen LogP contribution in [0.4, 0.5) is 0 Å². The molecule has 1 aliphatic rings. The zero-order valence-electron chi connectivity index (χ0n) is 18.0. The molecule has 3 rings (SSSR count). The van der Waals surface area contributed by atoms with Gasteiger partial charge in [-0.05, 0) is 68.8 Å². The Bertz CT molecular complexity index is 879. The molecule has 1 aromatic heterocycles. The van der Waals surface area contributed by atoms with E-state index in [2.05, 4.69) is 65.0 Å². The number of nitrogens with one attached hydrogen (secondary N) is 3. The van der Waals surface area contributed by atoms with Gasteiger partial charge in [-0.1, -0.05) is 43.4 Å². The Morgan fingerprint density at radius 1 is 1.27 bits per heavy atom. The highest BCUT2D eigenvalue weighted by molar-refractivity contribution is 5.97. The molecule has 0 spiro atoms. The summed E-state index contributed by atoms with van der Waals surface area (Å²) < 4.78 is 0. The maximum absolute atomic E-state index is 12.2. The highest BCUT2D eigenvalue weighted by atomic mass is 16.1. The molecule has 3 N–H and O–H groups in total. The van der Waals surface area contributed by atoms with Crippen LogP contribution in [0.25, 0.3) is 10.9 Å². The molecule has 30 heavy (non-hydrogen) atoms. The number of benzene rings is 1. The Kier molecular flexibility index (Phi) is 8.17. The zero-order valence-corrected chi connectivity index (χ0v) is 18.0. The smallest absolute Gasteiger partial charge is 0.173 e. The lowest BCUT2D eigenvalue weighted by molar-refractivity contribution is -0.116. The lowest BCUT2D eigenvalue weighted by Crippen LogP contribution is -2.39. The van der Waals surface area contributed by atoms with Crippen LogP contribution in [0.2, 0.25) is 0 Å². The third-order valence-corrected chi connectivity index (χ3v) is 5.56. The van der Waals surface area contributed by atoms with Gasteiger partial charge in [0.25, 0.3) is 0 Å². The van der Waals surface area contributed by atoms with Crippen molar-refractivity contribution in [1.29, 1.82) is 0 Å². The molecule has 0 aliphatic heterocycles. The van der Waals surface area contributed by atoms with Gasteiger partial charge in [0.2, 0.25) is 0 Å². The molecule has 1 aromatic carbocycles. The summed E-state index contributed by atoms with van der Waals surface area (Å²) in [7, 11) is 0. The van der Waals surface area contributed by atoms with E-state index in [1.807, 2.05) is 6.08 Å². The standard InChI is InChI=1S/C25H33N3O2/c1-18(9-12-22-16-21-6-3-4-7-23(21)28-22)8-10-20-11-13-24(30)25(20)27-15-5-14-26-17-19(2)29/h3-4,6-8,10-11,13,16,18,20,25-28H,5,9,12,14-15,17H2,1-2H3/b10-8+/t18?,20-,25+/m0/s1. The first-order valence-corrected chi connectivity index (χ1v) is 10.9. The number of para-hydroxylation sites is 1. The van der Waals surface area contributed by atoms with E-state index in [4.69, 9.17) is 0 Å². The summed E-state index contributed by atoms with van der Waals surface area (Å²) in [5, 5.41) is 7.73. The second kappa shape index (κ2) is 11.0. The maximum Gasteiger partial charge on any atom is 0.173 e. The summed E-state index contributed by atoms with van der Waals surface area (Å²) in [5.41, 5.74) is 2.46. The predicted octanol–water partition coefficient (Wildman–Crippen LogP) is 3.57. The van der Waals surface area contributed by atoms with E-state index in [0.29, 0.717) is 12.5 Å². The number of Topliss-reactive ketones (excluding diaryl/α,β-unsaturated/α-hetero) is 1. The largest absolute Gasteiger partial charge is 0.358 e. The molecule has 1 unspecified atom stereocenters. The summed E-state index contributed by atoms with van der Waals surface area (Å²) in [6.07, 6.45) is 11.0. The summed E-state index contributed by atoms with van der Waals surface area (Å²) in [6.45, 7) is 5.73. The number of aromatic nitrogens is 1. The van der Waals surface area contributed by atoms with Gasteiger partial charge >= 0.3 is 0 Å². The van der Waals surface area contributed by atoms with Crippen LogP contribution in [-0.2, 0) is 16.0 Å². The summed E-state index contributed by atoms with van der Waals surface area (Å²) in [6, 6.07) is 10.4. The summed E-state index contributed by atoms with van der Waals surface area (Å²) in [5.74, 6) is 0.837. The molecule has 0 fully saturated rings. The van der Waals surface area contributed by atoms with Crippen LogP contribution in [0, 0.1) is 11.8 Å². The second-order valence-corrected chi connectivity index (χ2v) is 8.29. The van der Waals surface area contributed by atoms with Crippen LogP contribution in [0.3, 0.4) is 0 Å². The van der Waals surface area contributed by atoms with Gasteiger partial charge in [0.15, 0.2) is 5.78 Å². The number of H-pyrrole nitrogens is 1. The molecule has 0 amide bonds. The van der Waals surface area contributed by atoms with Gasteiger partial charge in [0, 0.05) is 17.1 Å². The monoisotopic (exact) mass is 407 g/mol. The average molecular weight is 408 g/mol. The van der Waals surface area contributed by atoms with E-state index < -0.39 is 0 Å². The Labute approximate surface area is 179 Å². The SMILES string of the molecule is CC(=O)CNCCCN[C@H]1C(=O)C=C[C@@H]1/C=C/C(C)CCc1cc2ccccc2[nH]1. The van der Waals surface area contributed by atoms with Crippen LogP contribution in [0.15, 0.2) is 54.6 Å². The maximum atomic E-state index is 12.2.